The molecule has 0 aliphatic heterocycles. The van der Waals surface area contributed by atoms with Crippen LogP contribution in [0.25, 0.3) is 0 Å². The minimum atomic E-state index is -0.705. The number of hydrogen-bond acceptors (Lipinski definition) is 4. The molecule has 0 spiro atoms. The van der Waals surface area contributed by atoms with Crippen molar-refractivity contribution in [1.82, 2.24) is 12.3 Å². The van der Waals surface area contributed by atoms with Gasteiger partial charge in [-0.3, -0.25) is 9.59 Å². The summed E-state index contributed by atoms with van der Waals surface area (Å²) >= 11 is 0. The van der Waals surface area contributed by atoms with E-state index in [9.17, 15) is 9.59 Å². The van der Waals surface area contributed by atoms with E-state index < -0.39 is 11.9 Å². The molecule has 0 aromatic carbocycles. The molecular weight excluding hydrogens is 248 g/mol. The molecule has 0 saturated heterocycles. The molecule has 6 nitrogen and oxygen atoms in total. The normalized spacial score (nSPS) is 9.26. The largest absolute Gasteiger partial charge is 0.481 e. The first-order chi connectivity index (χ1) is 8.13. The van der Waals surface area contributed by atoms with Crippen LogP contribution in [0.5, 0.6) is 0 Å². The van der Waals surface area contributed by atoms with Crippen LogP contribution in [0.3, 0.4) is 0 Å². The smallest absolute Gasteiger partial charge is 0.303 e. The first kappa shape index (κ1) is 23.0. The van der Waals surface area contributed by atoms with Gasteiger partial charge in [0.2, 0.25) is 0 Å². The topological polar surface area (TPSA) is 145 Å². The van der Waals surface area contributed by atoms with Crippen LogP contribution in [0.15, 0.2) is 0 Å². The lowest BCUT2D eigenvalue weighted by atomic mass is 10.1. The second-order valence-electron chi connectivity index (χ2n) is 4.47. The summed E-state index contributed by atoms with van der Waals surface area (Å²) in [6, 6.07) is 0. The number of hydrogen-bond donors (Lipinski definition) is 4. The van der Waals surface area contributed by atoms with Gasteiger partial charge in [-0.15, -0.1) is 0 Å². The van der Waals surface area contributed by atoms with Crippen molar-refractivity contribution >= 4 is 11.9 Å². The van der Waals surface area contributed by atoms with Gasteiger partial charge >= 0.3 is 11.9 Å². The molecule has 19 heavy (non-hydrogen) atoms. The predicted molar refractivity (Wildman–Crippen MR) is 76.1 cm³/mol. The van der Waals surface area contributed by atoms with Crippen molar-refractivity contribution in [2.75, 3.05) is 0 Å². The Labute approximate surface area is 115 Å². The number of carboxylic acid groups (broad SMARTS) is 2. The van der Waals surface area contributed by atoms with Gasteiger partial charge in [0.25, 0.3) is 0 Å². The number of unbranched alkanes of at least 4 members (excludes halogenated alkanes) is 8. The van der Waals surface area contributed by atoms with Crippen molar-refractivity contribution in [2.45, 2.75) is 70.6 Å². The average Bonchev–Trinajstić information content (AvgIpc) is 2.25. The standard InChI is InChI=1S/C13H24O4.2H3N/c14-12(15)10-8-6-4-2-1-3-5-7-9-11-13(16)17;;/h1-11H2,(H,14,15)(H,16,17);2*1H3. The van der Waals surface area contributed by atoms with E-state index in [0.717, 1.165) is 38.5 Å². The van der Waals surface area contributed by atoms with Crippen molar-refractivity contribution in [3.05, 3.63) is 0 Å². The highest BCUT2D eigenvalue weighted by atomic mass is 16.4. The first-order valence-corrected chi connectivity index (χ1v) is 6.56. The third-order valence-electron chi connectivity index (χ3n) is 2.78. The zero-order valence-corrected chi connectivity index (χ0v) is 11.9. The third-order valence-corrected chi connectivity index (χ3v) is 2.78. The quantitative estimate of drug-likeness (QED) is 0.400. The van der Waals surface area contributed by atoms with Crippen molar-refractivity contribution in [3.63, 3.8) is 0 Å². The molecule has 0 aromatic rings. The van der Waals surface area contributed by atoms with E-state index in [-0.39, 0.29) is 25.1 Å². The molecule has 116 valence electrons. The SMILES string of the molecule is N.N.O=C(O)CCCCCCCCCCCC(=O)O. The van der Waals surface area contributed by atoms with Crippen LogP contribution in [0.2, 0.25) is 0 Å². The highest BCUT2D eigenvalue weighted by Gasteiger charge is 1.98. The summed E-state index contributed by atoms with van der Waals surface area (Å²) in [6.07, 6.45) is 9.89. The van der Waals surface area contributed by atoms with E-state index >= 15 is 0 Å². The molecule has 6 heteroatoms. The highest BCUT2D eigenvalue weighted by molar-refractivity contribution is 5.66. The molecule has 0 aliphatic rings. The molecule has 0 atom stereocenters. The fraction of sp³-hybridized carbons (Fsp3) is 0.846. The van der Waals surface area contributed by atoms with Crippen molar-refractivity contribution < 1.29 is 19.8 Å². The van der Waals surface area contributed by atoms with Crippen LogP contribution in [0.4, 0.5) is 0 Å². The molecule has 0 radical (unpaired) electrons. The van der Waals surface area contributed by atoms with Crippen LogP contribution in [0.1, 0.15) is 70.6 Å². The fourth-order valence-corrected chi connectivity index (χ4v) is 1.79. The number of aliphatic carboxylic acids is 2. The Morgan fingerprint density at radius 1 is 0.526 bits per heavy atom. The van der Waals surface area contributed by atoms with Crippen LogP contribution in [-0.2, 0) is 9.59 Å². The van der Waals surface area contributed by atoms with E-state index in [1.54, 1.807) is 0 Å². The lowest BCUT2D eigenvalue weighted by Gasteiger charge is -2.01. The third kappa shape index (κ3) is 22.5. The molecule has 0 heterocycles. The molecule has 0 aromatic heterocycles. The van der Waals surface area contributed by atoms with Crippen molar-refractivity contribution in [1.29, 1.82) is 0 Å². The molecule has 0 saturated carbocycles. The van der Waals surface area contributed by atoms with Gasteiger partial charge < -0.3 is 22.5 Å². The molecular formula is C13H30N2O4. The van der Waals surface area contributed by atoms with Crippen molar-refractivity contribution in [2.24, 2.45) is 0 Å². The number of carboxylic acids is 2. The van der Waals surface area contributed by atoms with Crippen LogP contribution in [-0.4, -0.2) is 22.2 Å². The van der Waals surface area contributed by atoms with E-state index in [1.807, 2.05) is 0 Å². The monoisotopic (exact) mass is 278 g/mol. The molecule has 8 N–H and O–H groups in total. The first-order valence-electron chi connectivity index (χ1n) is 6.56. The van der Waals surface area contributed by atoms with E-state index in [0.29, 0.717) is 0 Å². The number of rotatable bonds is 12. The van der Waals surface area contributed by atoms with Crippen LogP contribution < -0.4 is 12.3 Å². The molecule has 0 unspecified atom stereocenters. The zero-order valence-electron chi connectivity index (χ0n) is 11.9. The molecule has 0 amide bonds. The average molecular weight is 278 g/mol. The fourth-order valence-electron chi connectivity index (χ4n) is 1.79. The summed E-state index contributed by atoms with van der Waals surface area (Å²) in [5, 5.41) is 16.9. The Kier molecular flexibility index (Phi) is 20.4. The van der Waals surface area contributed by atoms with E-state index in [4.69, 9.17) is 10.2 Å². The molecule has 0 aliphatic carbocycles. The Morgan fingerprint density at radius 2 is 0.737 bits per heavy atom. The Morgan fingerprint density at radius 3 is 0.947 bits per heavy atom. The summed E-state index contributed by atoms with van der Waals surface area (Å²) in [7, 11) is 0. The molecule has 0 fully saturated rings. The maximum Gasteiger partial charge on any atom is 0.303 e. The van der Waals surface area contributed by atoms with Crippen LogP contribution >= 0.6 is 0 Å². The lowest BCUT2D eigenvalue weighted by molar-refractivity contribution is -0.138. The Balaban J connectivity index is -0.00000128. The van der Waals surface area contributed by atoms with Gasteiger partial charge in [0.1, 0.15) is 0 Å². The summed E-state index contributed by atoms with van der Waals surface area (Å²) in [4.78, 5) is 20.5. The Bertz CT molecular complexity index is 201. The van der Waals surface area contributed by atoms with Gasteiger partial charge in [-0.2, -0.15) is 0 Å². The summed E-state index contributed by atoms with van der Waals surface area (Å²) in [5.41, 5.74) is 0. The maximum atomic E-state index is 10.2. The molecule has 0 rings (SSSR count). The van der Waals surface area contributed by atoms with Crippen LogP contribution in [0, 0.1) is 0 Å². The minimum absolute atomic E-state index is 0. The van der Waals surface area contributed by atoms with E-state index in [2.05, 4.69) is 0 Å². The van der Waals surface area contributed by atoms with Gasteiger partial charge in [-0.05, 0) is 12.8 Å². The second-order valence-corrected chi connectivity index (χ2v) is 4.47. The second kappa shape index (κ2) is 16.9. The molecule has 0 bridgehead atoms. The van der Waals surface area contributed by atoms with Crippen molar-refractivity contribution in [3.8, 4) is 0 Å². The predicted octanol–water partition coefficient (Wildman–Crippen LogP) is 3.77. The Hall–Kier alpha value is -1.14. The zero-order chi connectivity index (χ0) is 12.9. The number of carbonyl (C=O) groups is 2. The maximum absolute atomic E-state index is 10.2. The lowest BCUT2D eigenvalue weighted by Crippen LogP contribution is -1.94. The van der Waals surface area contributed by atoms with Gasteiger partial charge in [-0.25, -0.2) is 0 Å². The van der Waals surface area contributed by atoms with Gasteiger partial charge in [0.05, 0.1) is 0 Å². The minimum Gasteiger partial charge on any atom is -0.481 e. The van der Waals surface area contributed by atoms with Gasteiger partial charge in [-0.1, -0.05) is 44.9 Å². The summed E-state index contributed by atoms with van der Waals surface area (Å²) < 4.78 is 0. The van der Waals surface area contributed by atoms with E-state index in [1.165, 1.54) is 19.3 Å². The highest BCUT2D eigenvalue weighted by Crippen LogP contribution is 2.11. The summed E-state index contributed by atoms with van der Waals surface area (Å²) in [6.45, 7) is 0. The summed E-state index contributed by atoms with van der Waals surface area (Å²) in [5.74, 6) is -1.41. The van der Waals surface area contributed by atoms with Gasteiger partial charge in [0.15, 0.2) is 0 Å². The van der Waals surface area contributed by atoms with Gasteiger partial charge in [0, 0.05) is 12.8 Å².